The number of carbonyl (C=O) groups is 1. The van der Waals surface area contributed by atoms with Crippen molar-refractivity contribution in [3.8, 4) is 0 Å². The summed E-state index contributed by atoms with van der Waals surface area (Å²) in [4.78, 5) is 19.0. The van der Waals surface area contributed by atoms with Crippen LogP contribution in [0.3, 0.4) is 0 Å². The Morgan fingerprint density at radius 1 is 1.04 bits per heavy atom. The number of amides is 1. The molecule has 0 unspecified atom stereocenters. The van der Waals surface area contributed by atoms with Crippen LogP contribution in [0, 0.1) is 6.92 Å². The Balaban J connectivity index is 1.48. The number of aromatic nitrogens is 1. The molecule has 146 valence electrons. The minimum absolute atomic E-state index is 0.0490. The van der Waals surface area contributed by atoms with Gasteiger partial charge in [0.2, 0.25) is 0 Å². The molecule has 6 heteroatoms. The Morgan fingerprint density at radius 3 is 2.29 bits per heavy atom. The lowest BCUT2D eigenvalue weighted by Crippen LogP contribution is -2.22. The van der Waals surface area contributed by atoms with Crippen LogP contribution in [0.4, 0.5) is 0 Å². The topological polar surface area (TPSA) is 45.2 Å². The highest BCUT2D eigenvalue weighted by Gasteiger charge is 2.06. The highest BCUT2D eigenvalue weighted by Crippen LogP contribution is 2.26. The van der Waals surface area contributed by atoms with Crippen molar-refractivity contribution in [2.45, 2.75) is 30.1 Å². The molecule has 3 rings (SSSR count). The molecule has 2 aromatic carbocycles. The molecule has 0 atom stereocenters. The van der Waals surface area contributed by atoms with E-state index < -0.39 is 0 Å². The number of nitrogens with one attached hydrogen (secondary N) is 1. The van der Waals surface area contributed by atoms with E-state index in [9.17, 15) is 4.79 Å². The zero-order valence-electron chi connectivity index (χ0n) is 16.4. The van der Waals surface area contributed by atoms with E-state index in [2.05, 4.69) is 58.9 Å². The maximum atomic E-state index is 12.4. The summed E-state index contributed by atoms with van der Waals surface area (Å²) in [7, 11) is 4.11. The van der Waals surface area contributed by atoms with Gasteiger partial charge in [-0.1, -0.05) is 48.2 Å². The summed E-state index contributed by atoms with van der Waals surface area (Å²) in [5.74, 6) is 0.806. The Kier molecular flexibility index (Phi) is 7.25. The first-order chi connectivity index (χ1) is 13.5. The van der Waals surface area contributed by atoms with E-state index in [1.54, 1.807) is 23.1 Å². The van der Waals surface area contributed by atoms with Crippen molar-refractivity contribution >= 4 is 29.0 Å². The first kappa shape index (κ1) is 20.6. The molecular formula is C22H25N3OS2. The molecule has 1 aromatic heterocycles. The SMILES string of the molecule is Cc1csc(SCc2ccc(C(=O)NCc3ccc(CN(C)C)cc3)cc2)n1. The van der Waals surface area contributed by atoms with Crippen molar-refractivity contribution in [2.75, 3.05) is 14.1 Å². The van der Waals surface area contributed by atoms with Gasteiger partial charge in [-0.3, -0.25) is 4.79 Å². The van der Waals surface area contributed by atoms with Crippen molar-refractivity contribution in [2.24, 2.45) is 0 Å². The van der Waals surface area contributed by atoms with Gasteiger partial charge < -0.3 is 10.2 Å². The average Bonchev–Trinajstić information content (AvgIpc) is 3.11. The second kappa shape index (κ2) is 9.87. The third kappa shape index (κ3) is 6.19. The molecule has 0 fully saturated rings. The molecule has 0 aliphatic rings. The quantitative estimate of drug-likeness (QED) is 0.544. The van der Waals surface area contributed by atoms with Gasteiger partial charge in [0.1, 0.15) is 4.34 Å². The zero-order valence-corrected chi connectivity index (χ0v) is 18.1. The van der Waals surface area contributed by atoms with Gasteiger partial charge in [-0.15, -0.1) is 11.3 Å². The number of benzene rings is 2. The lowest BCUT2D eigenvalue weighted by Gasteiger charge is -2.10. The summed E-state index contributed by atoms with van der Waals surface area (Å²) in [6.45, 7) is 3.45. The molecule has 0 spiro atoms. The number of hydrogen-bond acceptors (Lipinski definition) is 5. The lowest BCUT2D eigenvalue weighted by atomic mass is 10.1. The van der Waals surface area contributed by atoms with Gasteiger partial charge in [-0.05, 0) is 49.8 Å². The summed E-state index contributed by atoms with van der Waals surface area (Å²) in [5, 5.41) is 5.05. The summed E-state index contributed by atoms with van der Waals surface area (Å²) >= 11 is 3.39. The van der Waals surface area contributed by atoms with Crippen molar-refractivity contribution in [1.82, 2.24) is 15.2 Å². The Hall–Kier alpha value is -2.15. The number of nitrogens with zero attached hydrogens (tertiary/aromatic N) is 2. The molecule has 0 aliphatic carbocycles. The lowest BCUT2D eigenvalue weighted by molar-refractivity contribution is 0.0951. The number of thioether (sulfide) groups is 1. The van der Waals surface area contributed by atoms with Crippen LogP contribution >= 0.6 is 23.1 Å². The van der Waals surface area contributed by atoms with Crippen LogP contribution in [-0.4, -0.2) is 29.9 Å². The van der Waals surface area contributed by atoms with Crippen molar-refractivity contribution in [3.05, 3.63) is 81.9 Å². The van der Waals surface area contributed by atoms with Crippen molar-refractivity contribution in [1.29, 1.82) is 0 Å². The predicted octanol–water partition coefficient (Wildman–Crippen LogP) is 4.74. The van der Waals surface area contributed by atoms with Gasteiger partial charge in [0.25, 0.3) is 5.91 Å². The monoisotopic (exact) mass is 411 g/mol. The van der Waals surface area contributed by atoms with Crippen LogP contribution < -0.4 is 5.32 Å². The maximum absolute atomic E-state index is 12.4. The van der Waals surface area contributed by atoms with E-state index >= 15 is 0 Å². The van der Waals surface area contributed by atoms with Gasteiger partial charge in [-0.2, -0.15) is 0 Å². The molecule has 1 amide bonds. The van der Waals surface area contributed by atoms with Crippen LogP contribution in [0.15, 0.2) is 58.3 Å². The number of carbonyl (C=O) groups excluding carboxylic acids is 1. The predicted molar refractivity (Wildman–Crippen MR) is 118 cm³/mol. The van der Waals surface area contributed by atoms with Gasteiger partial charge in [0.05, 0.1) is 0 Å². The first-order valence-electron chi connectivity index (χ1n) is 9.14. The van der Waals surface area contributed by atoms with Gasteiger partial charge in [0, 0.05) is 35.5 Å². The summed E-state index contributed by atoms with van der Waals surface area (Å²) in [6.07, 6.45) is 0. The Morgan fingerprint density at radius 2 is 1.68 bits per heavy atom. The largest absolute Gasteiger partial charge is 0.348 e. The highest BCUT2D eigenvalue weighted by molar-refractivity contribution is 8.00. The van der Waals surface area contributed by atoms with E-state index in [-0.39, 0.29) is 5.91 Å². The van der Waals surface area contributed by atoms with Gasteiger partial charge in [-0.25, -0.2) is 4.98 Å². The molecule has 1 heterocycles. The minimum atomic E-state index is -0.0490. The van der Waals surface area contributed by atoms with E-state index in [1.165, 1.54) is 11.1 Å². The first-order valence-corrected chi connectivity index (χ1v) is 11.0. The fraction of sp³-hybridized carbons (Fsp3) is 0.273. The maximum Gasteiger partial charge on any atom is 0.251 e. The molecule has 1 N–H and O–H groups in total. The van der Waals surface area contributed by atoms with Crippen LogP contribution in [0.5, 0.6) is 0 Å². The Labute approximate surface area is 175 Å². The molecule has 0 saturated carbocycles. The van der Waals surface area contributed by atoms with Gasteiger partial charge >= 0.3 is 0 Å². The van der Waals surface area contributed by atoms with E-state index in [0.717, 1.165) is 27.9 Å². The van der Waals surface area contributed by atoms with Gasteiger partial charge in [0.15, 0.2) is 0 Å². The molecule has 28 heavy (non-hydrogen) atoms. The van der Waals surface area contributed by atoms with Crippen LogP contribution in [0.1, 0.15) is 32.7 Å². The summed E-state index contributed by atoms with van der Waals surface area (Å²) < 4.78 is 1.08. The standard InChI is InChI=1S/C22H25N3OS2/c1-16-14-27-22(24-16)28-15-19-8-10-20(11-9-19)21(26)23-12-17-4-6-18(7-5-17)13-25(2)3/h4-11,14H,12-13,15H2,1-3H3,(H,23,26). The zero-order chi connectivity index (χ0) is 19.9. The Bertz CT molecular complexity index is 902. The number of rotatable bonds is 8. The van der Waals surface area contributed by atoms with Crippen molar-refractivity contribution < 1.29 is 4.79 Å². The second-order valence-electron chi connectivity index (χ2n) is 6.98. The van der Waals surface area contributed by atoms with E-state index in [4.69, 9.17) is 0 Å². The average molecular weight is 412 g/mol. The molecular weight excluding hydrogens is 386 g/mol. The fourth-order valence-corrected chi connectivity index (χ4v) is 4.51. The minimum Gasteiger partial charge on any atom is -0.348 e. The number of hydrogen-bond donors (Lipinski definition) is 1. The number of thiazole rings is 1. The third-order valence-electron chi connectivity index (χ3n) is 4.15. The summed E-state index contributed by atoms with van der Waals surface area (Å²) in [5.41, 5.74) is 5.30. The van der Waals surface area contributed by atoms with Crippen LogP contribution in [-0.2, 0) is 18.8 Å². The fourth-order valence-electron chi connectivity index (χ4n) is 2.71. The molecule has 0 saturated heterocycles. The second-order valence-corrected chi connectivity index (χ2v) is 9.06. The van der Waals surface area contributed by atoms with E-state index in [0.29, 0.717) is 12.1 Å². The smallest absolute Gasteiger partial charge is 0.251 e. The van der Waals surface area contributed by atoms with Crippen LogP contribution in [0.2, 0.25) is 0 Å². The normalized spacial score (nSPS) is 11.0. The van der Waals surface area contributed by atoms with Crippen LogP contribution in [0.25, 0.3) is 0 Å². The molecule has 3 aromatic rings. The molecule has 0 radical (unpaired) electrons. The van der Waals surface area contributed by atoms with Crippen molar-refractivity contribution in [3.63, 3.8) is 0 Å². The molecule has 0 bridgehead atoms. The molecule has 0 aliphatic heterocycles. The molecule has 4 nitrogen and oxygen atoms in total. The number of aryl methyl sites for hydroxylation is 1. The highest BCUT2D eigenvalue weighted by atomic mass is 32.2. The summed E-state index contributed by atoms with van der Waals surface area (Å²) in [6, 6.07) is 16.2. The van der Waals surface area contributed by atoms with E-state index in [1.807, 2.05) is 31.2 Å². The third-order valence-corrected chi connectivity index (χ3v) is 6.36.